The minimum absolute atomic E-state index is 0.0318. The van der Waals surface area contributed by atoms with Gasteiger partial charge in [-0.2, -0.15) is 0 Å². The van der Waals surface area contributed by atoms with Gasteiger partial charge < -0.3 is 14.3 Å². The average Bonchev–Trinajstić information content (AvgIpc) is 2.69. The van der Waals surface area contributed by atoms with Crippen molar-refractivity contribution in [2.24, 2.45) is 5.41 Å². The summed E-state index contributed by atoms with van der Waals surface area (Å²) in [5.74, 6) is -0.267. The van der Waals surface area contributed by atoms with Crippen molar-refractivity contribution >= 4 is 24.7 Å². The Labute approximate surface area is 182 Å². The van der Waals surface area contributed by atoms with E-state index in [-0.39, 0.29) is 24.2 Å². The van der Waals surface area contributed by atoms with Gasteiger partial charge in [-0.3, -0.25) is 4.79 Å². The number of aliphatic hydroxyl groups is 1. The predicted molar refractivity (Wildman–Crippen MR) is 125 cm³/mol. The molecule has 0 aliphatic carbocycles. The Kier molecular flexibility index (Phi) is 8.03. The highest BCUT2D eigenvalue weighted by molar-refractivity contribution is 6.99. The first-order valence-corrected chi connectivity index (χ1v) is 12.5. The number of ether oxygens (including phenoxy) is 1. The molecular formula is C25H36O4Si. The van der Waals surface area contributed by atoms with Crippen LogP contribution >= 0.6 is 0 Å². The van der Waals surface area contributed by atoms with E-state index >= 15 is 0 Å². The van der Waals surface area contributed by atoms with Crippen LogP contribution < -0.4 is 10.4 Å². The number of aliphatic hydroxyl groups excluding tert-OH is 1. The van der Waals surface area contributed by atoms with E-state index < -0.39 is 19.8 Å². The summed E-state index contributed by atoms with van der Waals surface area (Å²) in [5.41, 5.74) is -0.582. The molecule has 0 fully saturated rings. The first kappa shape index (κ1) is 24.3. The minimum Gasteiger partial charge on any atom is -0.463 e. The van der Waals surface area contributed by atoms with E-state index in [1.165, 1.54) is 0 Å². The van der Waals surface area contributed by atoms with E-state index in [0.29, 0.717) is 6.42 Å². The molecule has 2 aromatic rings. The van der Waals surface area contributed by atoms with Crippen LogP contribution in [0, 0.1) is 5.41 Å². The molecular weight excluding hydrogens is 392 g/mol. The predicted octanol–water partition coefficient (Wildman–Crippen LogP) is 3.90. The number of rotatable bonds is 8. The lowest BCUT2D eigenvalue weighted by Crippen LogP contribution is -2.68. The van der Waals surface area contributed by atoms with Crippen molar-refractivity contribution in [2.45, 2.75) is 59.1 Å². The lowest BCUT2D eigenvalue weighted by Gasteiger charge is -2.45. The summed E-state index contributed by atoms with van der Waals surface area (Å²) in [6.07, 6.45) is 0.00895. The summed E-state index contributed by atoms with van der Waals surface area (Å²) in [6, 6.07) is 20.7. The molecule has 0 unspecified atom stereocenters. The molecule has 0 aliphatic heterocycles. The van der Waals surface area contributed by atoms with Gasteiger partial charge in [-0.25, -0.2) is 0 Å². The third kappa shape index (κ3) is 5.59. The SMILES string of the molecule is CC(C)(C)C(=O)OC[C@H](CCO)O[Si](c1ccccc1)(c1ccccc1)C(C)(C)C. The number of carbonyl (C=O) groups is 1. The molecule has 0 saturated carbocycles. The van der Waals surface area contributed by atoms with Gasteiger partial charge in [-0.1, -0.05) is 81.4 Å². The zero-order valence-corrected chi connectivity index (χ0v) is 20.1. The van der Waals surface area contributed by atoms with Gasteiger partial charge in [0.25, 0.3) is 8.32 Å². The Balaban J connectivity index is 2.51. The van der Waals surface area contributed by atoms with Crippen LogP contribution in [0.25, 0.3) is 0 Å². The molecule has 0 aromatic heterocycles. The van der Waals surface area contributed by atoms with Crippen molar-refractivity contribution in [3.05, 3.63) is 60.7 Å². The Hall–Kier alpha value is -1.95. The van der Waals surface area contributed by atoms with Crippen molar-refractivity contribution in [3.63, 3.8) is 0 Å². The van der Waals surface area contributed by atoms with Crippen molar-refractivity contribution in [3.8, 4) is 0 Å². The van der Waals surface area contributed by atoms with Gasteiger partial charge in [0, 0.05) is 6.61 Å². The number of hydrogen-bond acceptors (Lipinski definition) is 4. The molecule has 2 aromatic carbocycles. The Bertz CT molecular complexity index is 752. The lowest BCUT2D eigenvalue weighted by molar-refractivity contribution is -0.155. The number of hydrogen-bond donors (Lipinski definition) is 1. The van der Waals surface area contributed by atoms with E-state index in [1.54, 1.807) is 0 Å². The zero-order valence-electron chi connectivity index (χ0n) is 19.1. The fraction of sp³-hybridized carbons (Fsp3) is 0.480. The highest BCUT2D eigenvalue weighted by Gasteiger charge is 2.51. The van der Waals surface area contributed by atoms with Crippen LogP contribution in [0.2, 0.25) is 5.04 Å². The normalized spacial score (nSPS) is 13.7. The molecule has 1 N–H and O–H groups in total. The fourth-order valence-corrected chi connectivity index (χ4v) is 8.35. The number of esters is 1. The third-order valence-corrected chi connectivity index (χ3v) is 10.3. The second kappa shape index (κ2) is 9.90. The van der Waals surface area contributed by atoms with Crippen LogP contribution in [0.5, 0.6) is 0 Å². The molecule has 164 valence electrons. The van der Waals surface area contributed by atoms with Crippen LogP contribution in [-0.2, 0) is 14.0 Å². The van der Waals surface area contributed by atoms with Gasteiger partial charge in [0.1, 0.15) is 6.61 Å². The molecule has 0 aliphatic rings. The van der Waals surface area contributed by atoms with E-state index in [2.05, 4.69) is 45.0 Å². The van der Waals surface area contributed by atoms with Crippen molar-refractivity contribution in [2.75, 3.05) is 13.2 Å². The second-order valence-electron chi connectivity index (χ2n) is 9.76. The first-order valence-electron chi connectivity index (χ1n) is 10.6. The largest absolute Gasteiger partial charge is 0.463 e. The fourth-order valence-electron chi connectivity index (χ4n) is 3.65. The van der Waals surface area contributed by atoms with Gasteiger partial charge in [0.15, 0.2) is 0 Å². The van der Waals surface area contributed by atoms with Crippen LogP contribution in [0.15, 0.2) is 60.7 Å². The topological polar surface area (TPSA) is 55.8 Å². The van der Waals surface area contributed by atoms with Gasteiger partial charge in [-0.15, -0.1) is 0 Å². The molecule has 0 radical (unpaired) electrons. The zero-order chi connectivity index (χ0) is 22.4. The smallest absolute Gasteiger partial charge is 0.311 e. The summed E-state index contributed by atoms with van der Waals surface area (Å²) in [6.45, 7) is 12.2. The van der Waals surface area contributed by atoms with Crippen LogP contribution in [0.1, 0.15) is 48.0 Å². The molecule has 0 amide bonds. The average molecular weight is 429 g/mol. The maximum Gasteiger partial charge on any atom is 0.311 e. The van der Waals surface area contributed by atoms with Crippen molar-refractivity contribution in [1.82, 2.24) is 0 Å². The quantitative estimate of drug-likeness (QED) is 0.512. The lowest BCUT2D eigenvalue weighted by atomic mass is 9.97. The van der Waals surface area contributed by atoms with E-state index in [9.17, 15) is 9.90 Å². The molecule has 2 rings (SSSR count). The van der Waals surface area contributed by atoms with Crippen molar-refractivity contribution in [1.29, 1.82) is 0 Å². The molecule has 0 saturated heterocycles. The van der Waals surface area contributed by atoms with E-state index in [1.807, 2.05) is 57.2 Å². The molecule has 0 bridgehead atoms. The summed E-state index contributed by atoms with van der Waals surface area (Å²) < 4.78 is 12.6. The van der Waals surface area contributed by atoms with Gasteiger partial charge in [-0.05, 0) is 42.6 Å². The van der Waals surface area contributed by atoms with Gasteiger partial charge in [0.05, 0.1) is 11.5 Å². The first-order chi connectivity index (χ1) is 14.0. The minimum atomic E-state index is -2.77. The highest BCUT2D eigenvalue weighted by Crippen LogP contribution is 2.37. The monoisotopic (exact) mass is 428 g/mol. The third-order valence-electron chi connectivity index (χ3n) is 5.22. The van der Waals surface area contributed by atoms with Gasteiger partial charge >= 0.3 is 5.97 Å². The maximum absolute atomic E-state index is 12.3. The number of carbonyl (C=O) groups excluding carboxylic acids is 1. The van der Waals surface area contributed by atoms with Crippen LogP contribution in [-0.4, -0.2) is 38.7 Å². The standard InChI is InChI=1S/C25H36O4Si/c1-24(2,3)23(27)28-19-20(17-18-26)29-30(25(4,5)6,21-13-9-7-10-14-21)22-15-11-8-12-16-22/h7-16,20,26H,17-19H2,1-6H3/t20-/m0/s1. The van der Waals surface area contributed by atoms with Crippen molar-refractivity contribution < 1.29 is 19.1 Å². The number of benzene rings is 2. The molecule has 30 heavy (non-hydrogen) atoms. The maximum atomic E-state index is 12.3. The molecule has 0 spiro atoms. The Morgan fingerprint density at radius 3 is 1.73 bits per heavy atom. The van der Waals surface area contributed by atoms with Crippen LogP contribution in [0.4, 0.5) is 0 Å². The Morgan fingerprint density at radius 1 is 0.900 bits per heavy atom. The molecule has 4 nitrogen and oxygen atoms in total. The van der Waals surface area contributed by atoms with Crippen LogP contribution in [0.3, 0.4) is 0 Å². The summed E-state index contributed by atoms with van der Waals surface area (Å²) in [7, 11) is -2.77. The van der Waals surface area contributed by atoms with E-state index in [4.69, 9.17) is 9.16 Å². The van der Waals surface area contributed by atoms with Gasteiger partial charge in [0.2, 0.25) is 0 Å². The van der Waals surface area contributed by atoms with E-state index in [0.717, 1.165) is 10.4 Å². The molecule has 0 heterocycles. The second-order valence-corrected chi connectivity index (χ2v) is 14.0. The molecule has 1 atom stereocenters. The Morgan fingerprint density at radius 2 is 1.37 bits per heavy atom. The summed E-state index contributed by atoms with van der Waals surface area (Å²) >= 11 is 0. The highest BCUT2D eigenvalue weighted by atomic mass is 28.4. The molecule has 5 heteroatoms. The summed E-state index contributed by atoms with van der Waals surface area (Å²) in [5, 5.41) is 11.8. The summed E-state index contributed by atoms with van der Waals surface area (Å²) in [4.78, 5) is 12.3.